The Morgan fingerprint density at radius 3 is 2.46 bits per heavy atom. The van der Waals surface area contributed by atoms with Gasteiger partial charge in [-0.05, 0) is 30.4 Å². The van der Waals surface area contributed by atoms with Crippen molar-refractivity contribution < 1.29 is 38.5 Å². The number of hydrogen-bond acceptors (Lipinski definition) is 8. The van der Waals surface area contributed by atoms with Crippen molar-refractivity contribution in [2.24, 2.45) is 11.8 Å². The van der Waals surface area contributed by atoms with E-state index >= 15 is 0 Å². The number of hydrogen-bond donors (Lipinski definition) is 2. The first kappa shape index (κ1) is 35.5. The average Bonchev–Trinajstić information content (AvgIpc) is 3.78. The molecule has 2 aromatic rings. The van der Waals surface area contributed by atoms with E-state index in [0.29, 0.717) is 24.9 Å². The topological polar surface area (TPSA) is 135 Å². The zero-order valence-electron chi connectivity index (χ0n) is 28.7. The molecule has 5 bridgehead atoms. The minimum Gasteiger partial charge on any atom is -0.455 e. The molecule has 11 heteroatoms. The number of methoxy groups -OCH3 is 1. The van der Waals surface area contributed by atoms with Crippen molar-refractivity contribution in [3.8, 4) is 0 Å². The highest BCUT2D eigenvalue weighted by molar-refractivity contribution is 5.99. The van der Waals surface area contributed by atoms with Gasteiger partial charge in [0.1, 0.15) is 23.7 Å². The van der Waals surface area contributed by atoms with E-state index in [1.54, 1.807) is 17.1 Å². The highest BCUT2D eigenvalue weighted by atomic mass is 16.6. The largest absolute Gasteiger partial charge is 0.455 e. The second-order valence-electron chi connectivity index (χ2n) is 13.5. The summed E-state index contributed by atoms with van der Waals surface area (Å²) in [7, 11) is 1.51. The number of aliphatic hydroxyl groups excluding tert-OH is 1. The first-order valence-corrected chi connectivity index (χ1v) is 17.6. The minimum atomic E-state index is -1.43. The molecular formula is C39H47N3O8. The van der Waals surface area contributed by atoms with Crippen molar-refractivity contribution in [3.05, 3.63) is 96.1 Å². The summed E-state index contributed by atoms with van der Waals surface area (Å²) >= 11 is 0. The Morgan fingerprint density at radius 1 is 1.02 bits per heavy atom. The predicted molar refractivity (Wildman–Crippen MR) is 184 cm³/mol. The van der Waals surface area contributed by atoms with Crippen molar-refractivity contribution in [2.75, 3.05) is 33.4 Å². The van der Waals surface area contributed by atoms with Gasteiger partial charge >= 0.3 is 5.97 Å². The van der Waals surface area contributed by atoms with Crippen molar-refractivity contribution >= 4 is 23.7 Å². The third-order valence-electron chi connectivity index (χ3n) is 10.3. The number of carbonyl (C=O) groups is 4. The number of fused-ring (bicyclic) bond motifs is 2. The lowest BCUT2D eigenvalue weighted by Crippen LogP contribution is -2.59. The van der Waals surface area contributed by atoms with E-state index in [-0.39, 0.29) is 31.4 Å². The Balaban J connectivity index is 1.45. The normalized spacial score (nSPS) is 31.0. The minimum absolute atomic E-state index is 0.0691. The SMILES string of the molecule is CCCCN1C/C=C\CCC(=O)N[C@@H](COC)[C@H](c2ccccc2)OC(=O)[C@@H]2[C@H]3C(=O)N([C@@H](CO)Cc4ccccc4)[C@H](C1=O)[C@]31C=C[C@H]2O1. The van der Waals surface area contributed by atoms with Gasteiger partial charge in [0, 0.05) is 26.6 Å². The monoisotopic (exact) mass is 685 g/mol. The lowest BCUT2D eigenvalue weighted by Gasteiger charge is -2.39. The number of amides is 3. The number of esters is 1. The number of cyclic esters (lactones) is 1. The van der Waals surface area contributed by atoms with Crippen LogP contribution in [0.15, 0.2) is 85.0 Å². The Kier molecular flexibility index (Phi) is 11.2. The molecule has 2 saturated heterocycles. The number of unbranched alkanes of at least 4 members (excludes halogenated alkanes) is 1. The van der Waals surface area contributed by atoms with E-state index in [1.807, 2.05) is 79.7 Å². The van der Waals surface area contributed by atoms with Crippen molar-refractivity contribution in [2.45, 2.75) is 75.0 Å². The van der Waals surface area contributed by atoms with Crippen molar-refractivity contribution in [3.63, 3.8) is 0 Å². The molecule has 4 heterocycles. The van der Waals surface area contributed by atoms with Gasteiger partial charge in [-0.2, -0.15) is 0 Å². The smallest absolute Gasteiger partial charge is 0.313 e. The van der Waals surface area contributed by atoms with Crippen LogP contribution in [0.25, 0.3) is 0 Å². The van der Waals surface area contributed by atoms with E-state index < -0.39 is 66.3 Å². The van der Waals surface area contributed by atoms with Crippen LogP contribution >= 0.6 is 0 Å². The van der Waals surface area contributed by atoms with Crippen LogP contribution in [0.3, 0.4) is 0 Å². The summed E-state index contributed by atoms with van der Waals surface area (Å²) in [6.45, 7) is 2.43. The van der Waals surface area contributed by atoms with E-state index in [0.717, 1.165) is 18.4 Å². The Bertz CT molecular complexity index is 1580. The third-order valence-corrected chi connectivity index (χ3v) is 10.3. The molecule has 0 aliphatic carbocycles. The molecule has 266 valence electrons. The molecule has 2 N–H and O–H groups in total. The summed E-state index contributed by atoms with van der Waals surface area (Å²) in [6.07, 6.45) is 8.05. The van der Waals surface area contributed by atoms with Crippen LogP contribution in [0.2, 0.25) is 0 Å². The van der Waals surface area contributed by atoms with Gasteiger partial charge in [-0.25, -0.2) is 0 Å². The maximum absolute atomic E-state index is 14.9. The van der Waals surface area contributed by atoms with Gasteiger partial charge in [0.2, 0.25) is 17.7 Å². The number of ether oxygens (including phenoxy) is 3. The number of rotatable bonds is 10. The van der Waals surface area contributed by atoms with Crippen LogP contribution in [0.5, 0.6) is 0 Å². The maximum Gasteiger partial charge on any atom is 0.313 e. The fourth-order valence-electron chi connectivity index (χ4n) is 7.93. The summed E-state index contributed by atoms with van der Waals surface area (Å²) in [6, 6.07) is 16.0. The summed E-state index contributed by atoms with van der Waals surface area (Å²) in [5.74, 6) is -3.77. The maximum atomic E-state index is 14.9. The molecular weight excluding hydrogens is 638 g/mol. The molecule has 2 fully saturated rings. The Labute approximate surface area is 293 Å². The number of likely N-dealkylation sites (tertiary alicyclic amines) is 1. The number of carbonyl (C=O) groups excluding carboxylic acids is 4. The Hall–Kier alpha value is -4.32. The van der Waals surface area contributed by atoms with Crippen LogP contribution in [-0.2, 0) is 39.8 Å². The molecule has 3 amide bonds. The molecule has 8 atom stereocenters. The van der Waals surface area contributed by atoms with Gasteiger partial charge in [0.05, 0.1) is 37.3 Å². The van der Waals surface area contributed by atoms with Gasteiger partial charge in [-0.15, -0.1) is 0 Å². The highest BCUT2D eigenvalue weighted by Gasteiger charge is 2.74. The molecule has 0 aromatic heterocycles. The fourth-order valence-corrected chi connectivity index (χ4v) is 7.93. The molecule has 0 radical (unpaired) electrons. The van der Waals surface area contributed by atoms with Crippen LogP contribution < -0.4 is 5.32 Å². The molecule has 6 rings (SSSR count). The standard InChI is InChI=1S/C39H47N3O8/c1-3-4-21-41-22-13-7-12-18-31(44)40-29(25-48-2)34(27-16-10-6-11-17-27)49-38(47)32-30-19-20-39(50-30)33(32)36(45)42(35(39)37(41)46)28(24-43)23-26-14-8-5-9-15-26/h5-11,13-17,19-20,28-30,32-35,43H,3-4,12,18,21-25H2,1-2H3,(H,40,44)/b13-7-/t28-,29+,30-,32+,33+,34+,35-,39+/m1/s1. The van der Waals surface area contributed by atoms with Crippen LogP contribution in [0.4, 0.5) is 0 Å². The lowest BCUT2D eigenvalue weighted by atomic mass is 9.74. The molecule has 4 aliphatic heterocycles. The molecule has 2 aromatic carbocycles. The second-order valence-corrected chi connectivity index (χ2v) is 13.5. The zero-order chi connectivity index (χ0) is 35.3. The lowest BCUT2D eigenvalue weighted by molar-refractivity contribution is -0.163. The van der Waals surface area contributed by atoms with Crippen LogP contribution in [-0.4, -0.2) is 102 Å². The van der Waals surface area contributed by atoms with E-state index in [9.17, 15) is 24.3 Å². The second kappa shape index (κ2) is 15.7. The first-order valence-electron chi connectivity index (χ1n) is 17.6. The number of aliphatic hydroxyl groups is 1. The number of nitrogens with zero attached hydrogens (tertiary/aromatic N) is 2. The van der Waals surface area contributed by atoms with Gasteiger partial charge in [0.25, 0.3) is 0 Å². The molecule has 4 aliphatic rings. The summed E-state index contributed by atoms with van der Waals surface area (Å²) in [5.41, 5.74) is 0.114. The predicted octanol–water partition coefficient (Wildman–Crippen LogP) is 3.14. The summed E-state index contributed by atoms with van der Waals surface area (Å²) in [5, 5.41) is 13.8. The Morgan fingerprint density at radius 2 is 1.76 bits per heavy atom. The van der Waals surface area contributed by atoms with E-state index in [4.69, 9.17) is 14.2 Å². The average molecular weight is 686 g/mol. The van der Waals surface area contributed by atoms with E-state index in [2.05, 4.69) is 5.32 Å². The first-order chi connectivity index (χ1) is 24.3. The molecule has 11 nitrogen and oxygen atoms in total. The fraction of sp³-hybridized carbons (Fsp3) is 0.487. The zero-order valence-corrected chi connectivity index (χ0v) is 28.7. The van der Waals surface area contributed by atoms with E-state index in [1.165, 1.54) is 12.0 Å². The molecule has 1 spiro atoms. The van der Waals surface area contributed by atoms with Crippen molar-refractivity contribution in [1.29, 1.82) is 0 Å². The molecule has 0 unspecified atom stereocenters. The summed E-state index contributed by atoms with van der Waals surface area (Å²) < 4.78 is 18.4. The van der Waals surface area contributed by atoms with Crippen LogP contribution in [0.1, 0.15) is 49.8 Å². The number of nitrogens with one attached hydrogen (secondary N) is 1. The summed E-state index contributed by atoms with van der Waals surface area (Å²) in [4.78, 5) is 60.5. The number of benzene rings is 2. The number of allylic oxidation sites excluding steroid dienone is 1. The molecule has 0 saturated carbocycles. The van der Waals surface area contributed by atoms with Gasteiger partial charge in [-0.3, -0.25) is 19.2 Å². The van der Waals surface area contributed by atoms with Crippen LogP contribution in [0, 0.1) is 11.8 Å². The van der Waals surface area contributed by atoms with Gasteiger partial charge in [-0.1, -0.05) is 98.3 Å². The van der Waals surface area contributed by atoms with Gasteiger partial charge < -0.3 is 34.4 Å². The highest BCUT2D eigenvalue weighted by Crippen LogP contribution is 2.56. The quantitative estimate of drug-likeness (QED) is 0.288. The van der Waals surface area contributed by atoms with Crippen molar-refractivity contribution in [1.82, 2.24) is 15.1 Å². The molecule has 50 heavy (non-hydrogen) atoms. The van der Waals surface area contributed by atoms with Gasteiger partial charge in [0.15, 0.2) is 0 Å². The third kappa shape index (κ3) is 6.86.